The zero-order chi connectivity index (χ0) is 15.4. The lowest BCUT2D eigenvalue weighted by Gasteiger charge is -2.18. The highest BCUT2D eigenvalue weighted by atomic mass is 14.2. The van der Waals surface area contributed by atoms with Crippen LogP contribution in [0.1, 0.15) is 63.5 Å². The van der Waals surface area contributed by atoms with Crippen molar-refractivity contribution in [3.63, 3.8) is 0 Å². The summed E-state index contributed by atoms with van der Waals surface area (Å²) >= 11 is 0. The van der Waals surface area contributed by atoms with Crippen molar-refractivity contribution in [2.24, 2.45) is 5.92 Å². The van der Waals surface area contributed by atoms with Crippen LogP contribution in [0.4, 0.5) is 0 Å². The van der Waals surface area contributed by atoms with E-state index >= 15 is 0 Å². The highest BCUT2D eigenvalue weighted by molar-refractivity contribution is 5.87. The summed E-state index contributed by atoms with van der Waals surface area (Å²) in [6.07, 6.45) is 11.4. The Hall–Kier alpha value is -1.56. The van der Waals surface area contributed by atoms with Crippen LogP contribution in [0, 0.1) is 5.92 Å². The van der Waals surface area contributed by atoms with Crippen molar-refractivity contribution < 1.29 is 0 Å². The molecule has 1 aliphatic rings. The fourth-order valence-electron chi connectivity index (χ4n) is 3.46. The van der Waals surface area contributed by atoms with Crippen LogP contribution < -0.4 is 0 Å². The smallest absolute Gasteiger partial charge is 0.0178 e. The average Bonchev–Trinajstić information content (AvgIpc) is 2.55. The van der Waals surface area contributed by atoms with E-state index in [2.05, 4.69) is 56.3 Å². The van der Waals surface area contributed by atoms with E-state index in [0.717, 1.165) is 5.92 Å². The Bertz CT molecular complexity index is 663. The summed E-state index contributed by atoms with van der Waals surface area (Å²) < 4.78 is 0. The van der Waals surface area contributed by atoms with E-state index in [0.29, 0.717) is 0 Å². The lowest BCUT2D eigenvalue weighted by Crippen LogP contribution is -2.00. The molecule has 0 nitrogen and oxygen atoms in total. The number of hydrogen-bond donors (Lipinski definition) is 0. The van der Waals surface area contributed by atoms with Crippen LogP contribution in [0.25, 0.3) is 16.3 Å². The monoisotopic (exact) mass is 292 g/mol. The molecular formula is C22H28. The molecule has 1 unspecified atom stereocenters. The summed E-state index contributed by atoms with van der Waals surface area (Å²) in [5.74, 6) is 0.856. The molecule has 1 atom stereocenters. The van der Waals surface area contributed by atoms with E-state index in [-0.39, 0.29) is 0 Å². The summed E-state index contributed by atoms with van der Waals surface area (Å²) in [5.41, 5.74) is 4.46. The molecule has 1 aliphatic carbocycles. The summed E-state index contributed by atoms with van der Waals surface area (Å²) in [5, 5.41) is 2.78. The number of hydrogen-bond acceptors (Lipinski definition) is 0. The molecule has 3 rings (SSSR count). The molecule has 0 heterocycles. The summed E-state index contributed by atoms with van der Waals surface area (Å²) in [6, 6.07) is 14.0. The second-order valence-corrected chi connectivity index (χ2v) is 6.96. The first kappa shape index (κ1) is 15.3. The van der Waals surface area contributed by atoms with Crippen molar-refractivity contribution in [1.29, 1.82) is 0 Å². The molecule has 0 N–H and O–H groups in total. The Morgan fingerprint density at radius 1 is 1.00 bits per heavy atom. The van der Waals surface area contributed by atoms with Gasteiger partial charge < -0.3 is 0 Å². The third-order valence-corrected chi connectivity index (χ3v) is 5.02. The second kappa shape index (κ2) is 7.13. The maximum absolute atomic E-state index is 2.45. The predicted octanol–water partition coefficient (Wildman–Crippen LogP) is 6.78. The average molecular weight is 292 g/mol. The fourth-order valence-corrected chi connectivity index (χ4v) is 3.46. The molecule has 0 saturated carbocycles. The van der Waals surface area contributed by atoms with Gasteiger partial charge in [-0.1, -0.05) is 63.1 Å². The molecule has 0 aliphatic heterocycles. The van der Waals surface area contributed by atoms with Gasteiger partial charge in [-0.3, -0.25) is 0 Å². The molecule has 2 aromatic rings. The number of rotatable bonds is 5. The van der Waals surface area contributed by atoms with E-state index in [4.69, 9.17) is 0 Å². The minimum Gasteiger partial charge on any atom is -0.0805 e. The van der Waals surface area contributed by atoms with Crippen molar-refractivity contribution in [3.05, 3.63) is 53.6 Å². The van der Waals surface area contributed by atoms with Crippen LogP contribution in [0.15, 0.2) is 42.5 Å². The standard InChI is InChI=1S/C22H28/c1-3-4-5-6-18-9-12-22-16-21(14-13-20(22)15-18)19-10-7-17(2)8-11-19/h9-10,12-17H,3-8,11H2,1-2H3. The third kappa shape index (κ3) is 3.61. The molecule has 0 radical (unpaired) electrons. The zero-order valence-corrected chi connectivity index (χ0v) is 14.1. The van der Waals surface area contributed by atoms with Gasteiger partial charge >= 0.3 is 0 Å². The fraction of sp³-hybridized carbons (Fsp3) is 0.455. The Kier molecular flexibility index (Phi) is 4.97. The van der Waals surface area contributed by atoms with Crippen LogP contribution in [0.3, 0.4) is 0 Å². The van der Waals surface area contributed by atoms with E-state index in [1.54, 1.807) is 5.57 Å². The van der Waals surface area contributed by atoms with E-state index in [1.807, 2.05) is 0 Å². The summed E-state index contributed by atoms with van der Waals surface area (Å²) in [7, 11) is 0. The number of allylic oxidation sites excluding steroid dienone is 2. The van der Waals surface area contributed by atoms with Gasteiger partial charge in [-0.15, -0.1) is 0 Å². The van der Waals surface area contributed by atoms with Crippen molar-refractivity contribution in [1.82, 2.24) is 0 Å². The first-order valence-corrected chi connectivity index (χ1v) is 8.98. The highest BCUT2D eigenvalue weighted by Gasteiger charge is 2.11. The largest absolute Gasteiger partial charge is 0.0805 e. The third-order valence-electron chi connectivity index (χ3n) is 5.02. The molecule has 0 fully saturated rings. The molecule has 0 spiro atoms. The lowest BCUT2D eigenvalue weighted by atomic mass is 9.87. The molecule has 0 saturated heterocycles. The van der Waals surface area contributed by atoms with Crippen molar-refractivity contribution in [3.8, 4) is 0 Å². The number of fused-ring (bicyclic) bond motifs is 1. The van der Waals surface area contributed by atoms with E-state index in [9.17, 15) is 0 Å². The minimum atomic E-state index is 0.856. The van der Waals surface area contributed by atoms with Gasteiger partial charge in [0.05, 0.1) is 0 Å². The molecule has 0 bridgehead atoms. The van der Waals surface area contributed by atoms with Crippen LogP contribution in [0.5, 0.6) is 0 Å². The number of benzene rings is 2. The first-order valence-electron chi connectivity index (χ1n) is 8.98. The summed E-state index contributed by atoms with van der Waals surface area (Å²) in [4.78, 5) is 0. The normalized spacial score (nSPS) is 18.5. The number of aryl methyl sites for hydroxylation is 1. The van der Waals surface area contributed by atoms with Gasteiger partial charge in [0.15, 0.2) is 0 Å². The molecule has 0 heteroatoms. The molecule has 0 aromatic heterocycles. The molecule has 0 amide bonds. The van der Waals surface area contributed by atoms with Gasteiger partial charge in [-0.2, -0.15) is 0 Å². The zero-order valence-electron chi connectivity index (χ0n) is 14.1. The molecular weight excluding hydrogens is 264 g/mol. The first-order chi connectivity index (χ1) is 10.8. The SMILES string of the molecule is CCCCCc1ccc2cc(C3=CCC(C)CC3)ccc2c1. The van der Waals surface area contributed by atoms with Crippen LogP contribution in [-0.4, -0.2) is 0 Å². The maximum atomic E-state index is 2.45. The van der Waals surface area contributed by atoms with Gasteiger partial charge in [-0.25, -0.2) is 0 Å². The highest BCUT2D eigenvalue weighted by Crippen LogP contribution is 2.31. The number of unbranched alkanes of at least 4 members (excludes halogenated alkanes) is 2. The molecule has 2 aromatic carbocycles. The van der Waals surface area contributed by atoms with Crippen LogP contribution in [0.2, 0.25) is 0 Å². The van der Waals surface area contributed by atoms with Gasteiger partial charge in [0.25, 0.3) is 0 Å². The Balaban J connectivity index is 1.80. The Morgan fingerprint density at radius 2 is 1.82 bits per heavy atom. The van der Waals surface area contributed by atoms with Gasteiger partial charge in [0, 0.05) is 0 Å². The Morgan fingerprint density at radius 3 is 2.59 bits per heavy atom. The van der Waals surface area contributed by atoms with E-state index < -0.39 is 0 Å². The second-order valence-electron chi connectivity index (χ2n) is 6.96. The summed E-state index contributed by atoms with van der Waals surface area (Å²) in [6.45, 7) is 4.62. The Labute approximate surface area is 135 Å². The van der Waals surface area contributed by atoms with Crippen molar-refractivity contribution in [2.45, 2.75) is 58.8 Å². The minimum absolute atomic E-state index is 0.856. The van der Waals surface area contributed by atoms with Gasteiger partial charge in [0.2, 0.25) is 0 Å². The lowest BCUT2D eigenvalue weighted by molar-refractivity contribution is 0.534. The van der Waals surface area contributed by atoms with Crippen molar-refractivity contribution >= 4 is 16.3 Å². The topological polar surface area (TPSA) is 0 Å². The maximum Gasteiger partial charge on any atom is -0.0178 e. The van der Waals surface area contributed by atoms with Crippen LogP contribution >= 0.6 is 0 Å². The molecule has 22 heavy (non-hydrogen) atoms. The van der Waals surface area contributed by atoms with Crippen LogP contribution in [-0.2, 0) is 6.42 Å². The van der Waals surface area contributed by atoms with Crippen molar-refractivity contribution in [2.75, 3.05) is 0 Å². The van der Waals surface area contributed by atoms with Gasteiger partial charge in [-0.05, 0) is 71.6 Å². The predicted molar refractivity (Wildman–Crippen MR) is 98.2 cm³/mol. The van der Waals surface area contributed by atoms with E-state index in [1.165, 1.54) is 66.8 Å². The molecule has 116 valence electrons. The quantitative estimate of drug-likeness (QED) is 0.533. The van der Waals surface area contributed by atoms with Gasteiger partial charge in [0.1, 0.15) is 0 Å².